The highest BCUT2D eigenvalue weighted by atomic mass is 79.9. The monoisotopic (exact) mass is 414 g/mol. The first-order chi connectivity index (χ1) is 12.0. The Morgan fingerprint density at radius 1 is 1.28 bits per heavy atom. The predicted molar refractivity (Wildman–Crippen MR) is 89.4 cm³/mol. The van der Waals surface area contributed by atoms with E-state index in [-0.39, 0.29) is 23.2 Å². The van der Waals surface area contributed by atoms with E-state index in [2.05, 4.69) is 25.7 Å². The summed E-state index contributed by atoms with van der Waals surface area (Å²) in [6.45, 7) is -2.70. The molecule has 25 heavy (non-hydrogen) atoms. The number of alkyl halides is 2. The number of imidazole rings is 1. The molecule has 132 valence electrons. The van der Waals surface area contributed by atoms with Crippen LogP contribution in [0.1, 0.15) is 17.0 Å². The minimum Gasteiger partial charge on any atom is -0.435 e. The largest absolute Gasteiger partial charge is 0.435 e. The van der Waals surface area contributed by atoms with Gasteiger partial charge in [0.2, 0.25) is 0 Å². The minimum absolute atomic E-state index is 0.0944. The van der Waals surface area contributed by atoms with E-state index in [1.54, 1.807) is 28.8 Å². The van der Waals surface area contributed by atoms with Crippen molar-refractivity contribution in [2.24, 2.45) is 0 Å². The summed E-state index contributed by atoms with van der Waals surface area (Å²) in [7, 11) is 1.53. The van der Waals surface area contributed by atoms with Crippen LogP contribution in [0.25, 0.3) is 5.65 Å². The summed E-state index contributed by atoms with van der Waals surface area (Å²) >= 11 is 3.15. The Bertz CT molecular complexity index is 899. The predicted octanol–water partition coefficient (Wildman–Crippen LogP) is 4.57. The van der Waals surface area contributed by atoms with Crippen LogP contribution in [0.4, 0.5) is 13.2 Å². The average Bonchev–Trinajstić information content (AvgIpc) is 2.87. The zero-order valence-electron chi connectivity index (χ0n) is 13.2. The number of benzene rings is 1. The zero-order valence-corrected chi connectivity index (χ0v) is 14.8. The van der Waals surface area contributed by atoms with Crippen LogP contribution in [0.2, 0.25) is 0 Å². The maximum absolute atomic E-state index is 13.8. The summed E-state index contributed by atoms with van der Waals surface area (Å²) in [5.74, 6) is -0.341. The number of para-hydroxylation sites is 1. The summed E-state index contributed by atoms with van der Waals surface area (Å²) in [6, 6.07) is 7.84. The Morgan fingerprint density at radius 2 is 2.04 bits per heavy atom. The van der Waals surface area contributed by atoms with E-state index in [9.17, 15) is 13.2 Å². The van der Waals surface area contributed by atoms with Gasteiger partial charge in [0.25, 0.3) is 0 Å². The quantitative estimate of drug-likeness (QED) is 0.592. The summed E-state index contributed by atoms with van der Waals surface area (Å²) in [6.07, 6.45) is 1.84. The van der Waals surface area contributed by atoms with E-state index in [0.29, 0.717) is 22.6 Å². The van der Waals surface area contributed by atoms with Gasteiger partial charge in [-0.05, 0) is 22.0 Å². The van der Waals surface area contributed by atoms with E-state index in [1.165, 1.54) is 19.2 Å². The number of ether oxygens (including phenoxy) is 2. The van der Waals surface area contributed by atoms with Gasteiger partial charge in [0.15, 0.2) is 0 Å². The lowest BCUT2D eigenvalue weighted by atomic mass is 10.1. The summed E-state index contributed by atoms with van der Waals surface area (Å²) in [5.41, 5.74) is 2.30. The molecule has 2 heterocycles. The lowest BCUT2D eigenvalue weighted by Crippen LogP contribution is -2.06. The van der Waals surface area contributed by atoms with Gasteiger partial charge in [0.05, 0.1) is 22.5 Å². The van der Waals surface area contributed by atoms with Crippen molar-refractivity contribution in [3.05, 3.63) is 63.8 Å². The van der Waals surface area contributed by atoms with Crippen molar-refractivity contribution < 1.29 is 22.6 Å². The van der Waals surface area contributed by atoms with Gasteiger partial charge in [-0.2, -0.15) is 8.78 Å². The Labute approximate surface area is 150 Å². The molecule has 0 spiro atoms. The van der Waals surface area contributed by atoms with Gasteiger partial charge in [-0.15, -0.1) is 0 Å². The number of methoxy groups -OCH3 is 1. The fraction of sp³-hybridized carbons (Fsp3) is 0.235. The Hall–Kier alpha value is -2.06. The minimum atomic E-state index is -2.91. The van der Waals surface area contributed by atoms with Crippen LogP contribution in [0.3, 0.4) is 0 Å². The van der Waals surface area contributed by atoms with Crippen LogP contribution in [0.15, 0.2) is 41.0 Å². The maximum atomic E-state index is 13.8. The smallest absolute Gasteiger partial charge is 0.387 e. The molecule has 4 nitrogen and oxygen atoms in total. The maximum Gasteiger partial charge on any atom is 0.387 e. The lowest BCUT2D eigenvalue weighted by Gasteiger charge is -2.11. The second-order valence-corrected chi connectivity index (χ2v) is 6.15. The molecule has 1 aromatic carbocycles. The molecule has 0 bridgehead atoms. The van der Waals surface area contributed by atoms with E-state index in [4.69, 9.17) is 4.74 Å². The molecule has 8 heteroatoms. The summed E-state index contributed by atoms with van der Waals surface area (Å²) < 4.78 is 50.7. The third-order valence-electron chi connectivity index (χ3n) is 3.67. The van der Waals surface area contributed by atoms with E-state index in [0.717, 1.165) is 0 Å². The van der Waals surface area contributed by atoms with E-state index in [1.807, 2.05) is 0 Å². The third-order valence-corrected chi connectivity index (χ3v) is 4.26. The van der Waals surface area contributed by atoms with Gasteiger partial charge in [0, 0.05) is 31.4 Å². The molecule has 0 saturated carbocycles. The molecular formula is C17H14BrF3N2O2. The fourth-order valence-electron chi connectivity index (χ4n) is 2.62. The number of hydrogen-bond acceptors (Lipinski definition) is 3. The van der Waals surface area contributed by atoms with Gasteiger partial charge in [0.1, 0.15) is 17.2 Å². The number of hydrogen-bond donors (Lipinski definition) is 0. The summed E-state index contributed by atoms with van der Waals surface area (Å²) in [4.78, 5) is 4.38. The van der Waals surface area contributed by atoms with Crippen LogP contribution in [0, 0.1) is 5.82 Å². The number of nitrogens with zero attached hydrogens (tertiary/aromatic N) is 2. The van der Waals surface area contributed by atoms with Gasteiger partial charge >= 0.3 is 6.61 Å². The second kappa shape index (κ2) is 7.45. The van der Waals surface area contributed by atoms with Crippen LogP contribution >= 0.6 is 15.9 Å². The molecule has 0 aliphatic rings. The van der Waals surface area contributed by atoms with Crippen molar-refractivity contribution in [2.75, 3.05) is 7.11 Å². The van der Waals surface area contributed by atoms with Gasteiger partial charge < -0.3 is 13.9 Å². The van der Waals surface area contributed by atoms with E-state index >= 15 is 0 Å². The molecule has 0 N–H and O–H groups in total. The van der Waals surface area contributed by atoms with Crippen molar-refractivity contribution in [1.29, 1.82) is 0 Å². The molecule has 2 aromatic heterocycles. The van der Waals surface area contributed by atoms with Gasteiger partial charge in [-0.1, -0.05) is 18.2 Å². The Morgan fingerprint density at radius 3 is 2.76 bits per heavy atom. The van der Waals surface area contributed by atoms with Crippen molar-refractivity contribution in [1.82, 2.24) is 9.38 Å². The molecule has 3 aromatic rings. The highest BCUT2D eigenvalue weighted by molar-refractivity contribution is 9.10. The van der Waals surface area contributed by atoms with Gasteiger partial charge in [-0.25, -0.2) is 9.37 Å². The van der Waals surface area contributed by atoms with Crippen molar-refractivity contribution >= 4 is 21.6 Å². The first-order valence-electron chi connectivity index (χ1n) is 7.36. The highest BCUT2D eigenvalue weighted by Gasteiger charge is 2.17. The standard InChI is InChI=1S/C17H14BrF3N2O2/c1-24-9-13-14(23-8-11(18)12(19)7-16(23)22-13)6-10-4-2-3-5-15(10)25-17(20)21/h2-5,7-8,17H,6,9H2,1H3. The average molecular weight is 415 g/mol. The van der Waals surface area contributed by atoms with Gasteiger partial charge in [-0.3, -0.25) is 0 Å². The molecule has 0 fully saturated rings. The lowest BCUT2D eigenvalue weighted by molar-refractivity contribution is -0.0504. The summed E-state index contributed by atoms with van der Waals surface area (Å²) in [5, 5.41) is 0. The molecule has 3 rings (SSSR count). The second-order valence-electron chi connectivity index (χ2n) is 5.30. The highest BCUT2D eigenvalue weighted by Crippen LogP contribution is 2.27. The van der Waals surface area contributed by atoms with Crippen LogP contribution in [0.5, 0.6) is 5.75 Å². The molecule has 0 amide bonds. The number of halogens is 4. The third kappa shape index (κ3) is 3.80. The SMILES string of the molecule is COCc1nc2cc(F)c(Br)cn2c1Cc1ccccc1OC(F)F. The van der Waals surface area contributed by atoms with Crippen molar-refractivity contribution in [3.63, 3.8) is 0 Å². The van der Waals surface area contributed by atoms with Crippen LogP contribution in [-0.2, 0) is 17.8 Å². The molecule has 0 unspecified atom stereocenters. The first kappa shape index (κ1) is 17.8. The number of aromatic nitrogens is 2. The first-order valence-corrected chi connectivity index (χ1v) is 8.15. The molecule has 0 radical (unpaired) electrons. The zero-order chi connectivity index (χ0) is 18.0. The molecular weight excluding hydrogens is 401 g/mol. The molecule has 0 atom stereocenters. The topological polar surface area (TPSA) is 35.8 Å². The number of fused-ring (bicyclic) bond motifs is 1. The van der Waals surface area contributed by atoms with Crippen LogP contribution in [-0.4, -0.2) is 23.1 Å². The van der Waals surface area contributed by atoms with Crippen LogP contribution < -0.4 is 4.74 Å². The molecule has 0 aliphatic heterocycles. The van der Waals surface area contributed by atoms with E-state index < -0.39 is 12.4 Å². The number of rotatable bonds is 6. The Kier molecular flexibility index (Phi) is 5.29. The molecule has 0 aliphatic carbocycles. The van der Waals surface area contributed by atoms with Crippen molar-refractivity contribution in [3.8, 4) is 5.75 Å². The Balaban J connectivity index is 2.09. The van der Waals surface area contributed by atoms with Crippen molar-refractivity contribution in [2.45, 2.75) is 19.6 Å². The fourth-order valence-corrected chi connectivity index (χ4v) is 2.94. The normalized spacial score (nSPS) is 11.4. The number of pyridine rings is 1. The molecule has 0 saturated heterocycles.